The van der Waals surface area contributed by atoms with Crippen molar-refractivity contribution in [3.05, 3.63) is 48.3 Å². The van der Waals surface area contributed by atoms with E-state index in [-0.39, 0.29) is 18.1 Å². The van der Waals surface area contributed by atoms with Crippen molar-refractivity contribution >= 4 is 22.8 Å². The molecule has 3 unspecified atom stereocenters. The van der Waals surface area contributed by atoms with Gasteiger partial charge in [0.15, 0.2) is 5.17 Å². The Labute approximate surface area is 169 Å². The predicted octanol–water partition coefficient (Wildman–Crippen LogP) is 2.09. The number of nitrogens with zero attached hydrogens (tertiary/aromatic N) is 3. The second kappa shape index (κ2) is 7.67. The molecule has 3 heterocycles. The molecule has 2 fully saturated rings. The fourth-order valence-corrected chi connectivity index (χ4v) is 5.31. The number of hydrogen-bond donors (Lipinski definition) is 3. The zero-order valence-electron chi connectivity index (χ0n) is 15.8. The van der Waals surface area contributed by atoms with E-state index < -0.39 is 0 Å². The molecule has 1 aromatic carbocycles. The van der Waals surface area contributed by atoms with E-state index in [1.807, 2.05) is 12.3 Å². The molecule has 1 aromatic rings. The van der Waals surface area contributed by atoms with Gasteiger partial charge in [-0.2, -0.15) is 5.10 Å². The van der Waals surface area contributed by atoms with Crippen molar-refractivity contribution in [1.82, 2.24) is 26.1 Å². The van der Waals surface area contributed by atoms with E-state index in [2.05, 4.69) is 61.6 Å². The quantitative estimate of drug-likeness (QED) is 0.721. The first kappa shape index (κ1) is 17.9. The molecule has 0 radical (unpaired) electrons. The molecule has 1 amide bonds. The van der Waals surface area contributed by atoms with Gasteiger partial charge in [-0.1, -0.05) is 54.9 Å². The van der Waals surface area contributed by atoms with E-state index in [4.69, 9.17) is 0 Å². The number of thioether (sulfide) groups is 1. The van der Waals surface area contributed by atoms with Crippen LogP contribution in [-0.2, 0) is 4.79 Å². The average Bonchev–Trinajstić information content (AvgIpc) is 3.45. The number of hydrogen-bond acceptors (Lipinski definition) is 7. The SMILES string of the molecule is O=C(CSC1=NNC2C3CC(c4ccccc4)NN3C=CN12)NC1CCCC1. The normalized spacial score (nSPS) is 28.7. The third kappa shape index (κ3) is 3.46. The molecule has 0 aromatic heterocycles. The van der Waals surface area contributed by atoms with E-state index in [1.54, 1.807) is 0 Å². The topological polar surface area (TPSA) is 72.0 Å². The number of amidine groups is 1. The lowest BCUT2D eigenvalue weighted by atomic mass is 10.00. The summed E-state index contributed by atoms with van der Waals surface area (Å²) in [6, 6.07) is 11.5. The number of fused-ring (bicyclic) bond motifs is 3. The van der Waals surface area contributed by atoms with Gasteiger partial charge in [0, 0.05) is 18.4 Å². The molecular weight excluding hydrogens is 372 g/mol. The lowest BCUT2D eigenvalue weighted by Crippen LogP contribution is -2.54. The highest BCUT2D eigenvalue weighted by molar-refractivity contribution is 8.14. The van der Waals surface area contributed by atoms with Crippen LogP contribution in [0.3, 0.4) is 0 Å². The molecule has 7 nitrogen and oxygen atoms in total. The smallest absolute Gasteiger partial charge is 0.230 e. The van der Waals surface area contributed by atoms with Gasteiger partial charge in [-0.05, 0) is 24.8 Å². The first-order valence-corrected chi connectivity index (χ1v) is 11.1. The summed E-state index contributed by atoms with van der Waals surface area (Å²) in [5, 5.41) is 10.7. The lowest BCUT2D eigenvalue weighted by molar-refractivity contribution is -0.119. The maximum atomic E-state index is 12.2. The molecule has 3 atom stereocenters. The molecule has 0 bridgehead atoms. The zero-order chi connectivity index (χ0) is 18.9. The van der Waals surface area contributed by atoms with Crippen molar-refractivity contribution in [1.29, 1.82) is 0 Å². The second-order valence-corrected chi connectivity index (χ2v) is 8.76. The van der Waals surface area contributed by atoms with Crippen LogP contribution in [-0.4, -0.2) is 45.0 Å². The maximum absolute atomic E-state index is 12.2. The third-order valence-electron chi connectivity index (χ3n) is 5.96. The van der Waals surface area contributed by atoms with Crippen LogP contribution in [0.1, 0.15) is 43.7 Å². The summed E-state index contributed by atoms with van der Waals surface area (Å²) in [6.45, 7) is 0. The number of rotatable bonds is 4. The molecular formula is C20H26N6OS. The Bertz CT molecular complexity index is 778. The van der Waals surface area contributed by atoms with Gasteiger partial charge in [0.05, 0.1) is 17.8 Å². The largest absolute Gasteiger partial charge is 0.353 e. The summed E-state index contributed by atoms with van der Waals surface area (Å²) in [7, 11) is 0. The van der Waals surface area contributed by atoms with Crippen molar-refractivity contribution < 1.29 is 4.79 Å². The number of carbonyl (C=O) groups excluding carboxylic acids is 1. The summed E-state index contributed by atoms with van der Waals surface area (Å²) >= 11 is 1.50. The van der Waals surface area contributed by atoms with Gasteiger partial charge in [0.1, 0.15) is 6.17 Å². The highest BCUT2D eigenvalue weighted by Gasteiger charge is 2.44. The number of nitrogens with one attached hydrogen (secondary N) is 3. The van der Waals surface area contributed by atoms with Crippen LogP contribution < -0.4 is 16.2 Å². The minimum atomic E-state index is 0.0894. The van der Waals surface area contributed by atoms with Crippen molar-refractivity contribution in [3.8, 4) is 0 Å². The monoisotopic (exact) mass is 398 g/mol. The molecule has 1 saturated heterocycles. The third-order valence-corrected chi connectivity index (χ3v) is 6.93. The van der Waals surface area contributed by atoms with Crippen LogP contribution in [0.25, 0.3) is 0 Å². The van der Waals surface area contributed by atoms with E-state index in [1.165, 1.54) is 30.2 Å². The standard InChI is InChI=1S/C20H26N6OS/c27-18(21-15-8-4-5-9-15)13-28-20-23-22-19-17-12-16(14-6-2-1-3-7-14)24-26(17)11-10-25(19)20/h1-3,6-7,10-11,15-17,19,22,24H,4-5,8-9,12-13H2,(H,21,27). The minimum absolute atomic E-state index is 0.0894. The molecule has 1 saturated carbocycles. The van der Waals surface area contributed by atoms with Crippen LogP contribution in [0, 0.1) is 0 Å². The predicted molar refractivity (Wildman–Crippen MR) is 111 cm³/mol. The molecule has 0 spiro atoms. The molecule has 148 valence electrons. The Hall–Kier alpha value is -2.19. The van der Waals surface area contributed by atoms with Crippen molar-refractivity contribution in [2.45, 2.75) is 56.4 Å². The summed E-state index contributed by atoms with van der Waals surface area (Å²) in [4.78, 5) is 14.4. The summed E-state index contributed by atoms with van der Waals surface area (Å²) in [5.41, 5.74) is 8.16. The van der Waals surface area contributed by atoms with Gasteiger partial charge in [0.25, 0.3) is 0 Å². The molecule has 3 aliphatic heterocycles. The van der Waals surface area contributed by atoms with Gasteiger partial charge >= 0.3 is 0 Å². The van der Waals surface area contributed by atoms with E-state index in [9.17, 15) is 4.79 Å². The first-order chi connectivity index (χ1) is 13.8. The molecule has 3 N–H and O–H groups in total. The summed E-state index contributed by atoms with van der Waals surface area (Å²) in [6.07, 6.45) is 9.89. The average molecular weight is 399 g/mol. The Morgan fingerprint density at radius 1 is 1.21 bits per heavy atom. The molecule has 1 aliphatic carbocycles. The van der Waals surface area contributed by atoms with Crippen LogP contribution in [0.2, 0.25) is 0 Å². The van der Waals surface area contributed by atoms with Crippen LogP contribution in [0.4, 0.5) is 0 Å². The Morgan fingerprint density at radius 3 is 2.86 bits per heavy atom. The van der Waals surface area contributed by atoms with E-state index in [0.29, 0.717) is 17.8 Å². The first-order valence-electron chi connectivity index (χ1n) is 10.1. The minimum Gasteiger partial charge on any atom is -0.353 e. The Kier molecular flexibility index (Phi) is 4.90. The number of hydrazone groups is 1. The van der Waals surface area contributed by atoms with E-state index >= 15 is 0 Å². The van der Waals surface area contributed by atoms with Crippen LogP contribution >= 0.6 is 11.8 Å². The summed E-state index contributed by atoms with van der Waals surface area (Å²) in [5.74, 6) is 0.519. The molecule has 4 aliphatic rings. The highest BCUT2D eigenvalue weighted by atomic mass is 32.2. The molecule has 8 heteroatoms. The zero-order valence-corrected chi connectivity index (χ0v) is 16.6. The number of amides is 1. The fourth-order valence-electron chi connectivity index (χ4n) is 4.52. The van der Waals surface area contributed by atoms with Crippen molar-refractivity contribution in [3.63, 3.8) is 0 Å². The Morgan fingerprint density at radius 2 is 2.04 bits per heavy atom. The van der Waals surface area contributed by atoms with Crippen LogP contribution in [0.5, 0.6) is 0 Å². The Balaban J connectivity index is 1.18. The van der Waals surface area contributed by atoms with Gasteiger partial charge < -0.3 is 15.2 Å². The van der Waals surface area contributed by atoms with E-state index in [0.717, 1.165) is 24.4 Å². The van der Waals surface area contributed by atoms with Crippen molar-refractivity contribution in [2.75, 3.05) is 5.75 Å². The van der Waals surface area contributed by atoms with Gasteiger partial charge in [-0.25, -0.2) is 5.43 Å². The second-order valence-electron chi connectivity index (χ2n) is 7.81. The maximum Gasteiger partial charge on any atom is 0.230 e. The summed E-state index contributed by atoms with van der Waals surface area (Å²) < 4.78 is 0. The van der Waals surface area contributed by atoms with Crippen molar-refractivity contribution in [2.24, 2.45) is 5.10 Å². The highest BCUT2D eigenvalue weighted by Crippen LogP contribution is 2.34. The molecule has 28 heavy (non-hydrogen) atoms. The number of carbonyl (C=O) groups is 1. The lowest BCUT2D eigenvalue weighted by Gasteiger charge is -2.36. The number of hydrazine groups is 1. The van der Waals surface area contributed by atoms with Gasteiger partial charge in [-0.3, -0.25) is 10.2 Å². The number of benzene rings is 1. The fraction of sp³-hybridized carbons (Fsp3) is 0.500. The molecule has 5 rings (SSSR count). The van der Waals surface area contributed by atoms with Crippen LogP contribution in [0.15, 0.2) is 47.8 Å². The van der Waals surface area contributed by atoms with Gasteiger partial charge in [-0.15, -0.1) is 0 Å². The van der Waals surface area contributed by atoms with Gasteiger partial charge in [0.2, 0.25) is 5.91 Å².